The van der Waals surface area contributed by atoms with Gasteiger partial charge in [0.05, 0.1) is 18.9 Å². The average Bonchev–Trinajstić information content (AvgIpc) is 2.61. The molecule has 0 saturated carbocycles. The van der Waals surface area contributed by atoms with Gasteiger partial charge in [0.15, 0.2) is 0 Å². The van der Waals surface area contributed by atoms with Gasteiger partial charge in [-0.25, -0.2) is 0 Å². The minimum Gasteiger partial charge on any atom is -0.497 e. The van der Waals surface area contributed by atoms with E-state index in [-0.39, 0.29) is 11.8 Å². The van der Waals surface area contributed by atoms with Crippen LogP contribution in [0.3, 0.4) is 0 Å². The van der Waals surface area contributed by atoms with Crippen molar-refractivity contribution in [3.05, 3.63) is 59.7 Å². The molecule has 1 amide bonds. The maximum atomic E-state index is 12.4. The molecule has 5 heteroatoms. The maximum Gasteiger partial charge on any atom is 0.310 e. The highest BCUT2D eigenvalue weighted by Gasteiger charge is 2.16. The Morgan fingerprint density at radius 1 is 0.917 bits per heavy atom. The van der Waals surface area contributed by atoms with Crippen LogP contribution >= 0.6 is 0 Å². The molecule has 2 aromatic carbocycles. The van der Waals surface area contributed by atoms with E-state index < -0.39 is 11.9 Å². The van der Waals surface area contributed by atoms with Gasteiger partial charge in [0.2, 0.25) is 5.91 Å². The van der Waals surface area contributed by atoms with E-state index in [2.05, 4.69) is 5.32 Å². The number of nitrogens with one attached hydrogen (secondary N) is 1. The van der Waals surface area contributed by atoms with Gasteiger partial charge >= 0.3 is 5.97 Å². The van der Waals surface area contributed by atoms with Crippen molar-refractivity contribution >= 4 is 17.6 Å². The molecule has 126 valence electrons. The Kier molecular flexibility index (Phi) is 5.58. The van der Waals surface area contributed by atoms with Crippen molar-refractivity contribution in [3.8, 4) is 5.75 Å². The molecule has 2 rings (SSSR count). The number of anilines is 1. The van der Waals surface area contributed by atoms with E-state index >= 15 is 0 Å². The molecule has 0 aliphatic rings. The first kappa shape index (κ1) is 17.5. The molecule has 0 spiro atoms. The van der Waals surface area contributed by atoms with Crippen molar-refractivity contribution in [3.63, 3.8) is 0 Å². The highest BCUT2D eigenvalue weighted by atomic mass is 16.5. The Labute approximate surface area is 141 Å². The number of carbonyl (C=O) groups is 2. The van der Waals surface area contributed by atoms with Crippen LogP contribution in [0.2, 0.25) is 0 Å². The number of benzene rings is 2. The molecule has 0 saturated heterocycles. The third kappa shape index (κ3) is 4.13. The smallest absolute Gasteiger partial charge is 0.310 e. The molecular weight excluding hydrogens is 306 g/mol. The number of ether oxygens (including phenoxy) is 1. The second-order valence-electron chi connectivity index (χ2n) is 5.67. The van der Waals surface area contributed by atoms with Gasteiger partial charge < -0.3 is 15.2 Å². The Morgan fingerprint density at radius 3 is 1.92 bits per heavy atom. The van der Waals surface area contributed by atoms with Gasteiger partial charge in [0, 0.05) is 5.69 Å². The van der Waals surface area contributed by atoms with E-state index in [1.54, 1.807) is 38.3 Å². The lowest BCUT2D eigenvalue weighted by molar-refractivity contribution is -0.138. The van der Waals surface area contributed by atoms with Gasteiger partial charge in [-0.2, -0.15) is 0 Å². The van der Waals surface area contributed by atoms with Gasteiger partial charge in [-0.1, -0.05) is 24.3 Å². The number of carboxylic acids is 1. The number of aliphatic carboxylic acids is 1. The first-order valence-corrected chi connectivity index (χ1v) is 7.70. The van der Waals surface area contributed by atoms with Crippen LogP contribution in [0.15, 0.2) is 48.5 Å². The number of methoxy groups -OCH3 is 1. The predicted octanol–water partition coefficient (Wildman–Crippen LogP) is 3.63. The summed E-state index contributed by atoms with van der Waals surface area (Å²) in [6.07, 6.45) is 0. The first-order chi connectivity index (χ1) is 11.4. The lowest BCUT2D eigenvalue weighted by Gasteiger charge is -2.14. The van der Waals surface area contributed by atoms with Crippen molar-refractivity contribution in [2.45, 2.75) is 25.7 Å². The molecule has 0 aromatic heterocycles. The Morgan fingerprint density at radius 2 is 1.42 bits per heavy atom. The molecule has 2 atom stereocenters. The fourth-order valence-corrected chi connectivity index (χ4v) is 2.29. The number of carbonyl (C=O) groups excluding carboxylic acids is 1. The molecule has 0 heterocycles. The van der Waals surface area contributed by atoms with Crippen molar-refractivity contribution in [2.24, 2.45) is 0 Å². The van der Waals surface area contributed by atoms with E-state index in [9.17, 15) is 9.59 Å². The highest BCUT2D eigenvalue weighted by molar-refractivity contribution is 5.95. The predicted molar refractivity (Wildman–Crippen MR) is 92.5 cm³/mol. The maximum absolute atomic E-state index is 12.4. The molecule has 0 aliphatic carbocycles. The summed E-state index contributed by atoms with van der Waals surface area (Å²) in [5.74, 6) is -1.14. The summed E-state index contributed by atoms with van der Waals surface area (Å²) in [7, 11) is 1.60. The van der Waals surface area contributed by atoms with Crippen LogP contribution < -0.4 is 10.1 Å². The van der Waals surface area contributed by atoms with Crippen LogP contribution in [-0.4, -0.2) is 24.1 Å². The zero-order valence-electron chi connectivity index (χ0n) is 13.9. The van der Waals surface area contributed by atoms with Crippen molar-refractivity contribution in [1.29, 1.82) is 0 Å². The monoisotopic (exact) mass is 327 g/mol. The molecule has 0 bridgehead atoms. The highest BCUT2D eigenvalue weighted by Crippen LogP contribution is 2.22. The van der Waals surface area contributed by atoms with Crippen LogP contribution in [0, 0.1) is 0 Å². The lowest BCUT2D eigenvalue weighted by atomic mass is 9.99. The summed E-state index contributed by atoms with van der Waals surface area (Å²) in [5.41, 5.74) is 2.23. The summed E-state index contributed by atoms with van der Waals surface area (Å²) in [6.45, 7) is 3.46. The second kappa shape index (κ2) is 7.64. The third-order valence-electron chi connectivity index (χ3n) is 4.06. The van der Waals surface area contributed by atoms with E-state index in [4.69, 9.17) is 9.84 Å². The summed E-state index contributed by atoms with van der Waals surface area (Å²) in [4.78, 5) is 23.3. The van der Waals surface area contributed by atoms with E-state index in [1.165, 1.54) is 0 Å². The van der Waals surface area contributed by atoms with E-state index in [0.29, 0.717) is 11.3 Å². The number of carboxylic acid groups (broad SMARTS) is 1. The summed E-state index contributed by atoms with van der Waals surface area (Å²) >= 11 is 0. The van der Waals surface area contributed by atoms with Gasteiger partial charge in [-0.05, 0) is 49.2 Å². The van der Waals surface area contributed by atoms with E-state index in [0.717, 1.165) is 11.3 Å². The molecule has 0 fully saturated rings. The largest absolute Gasteiger partial charge is 0.497 e. The van der Waals surface area contributed by atoms with Gasteiger partial charge in [0.25, 0.3) is 0 Å². The Bertz CT molecular complexity index is 707. The Balaban J connectivity index is 2.04. The second-order valence-corrected chi connectivity index (χ2v) is 5.67. The molecule has 5 nitrogen and oxygen atoms in total. The standard InChI is InChI=1S/C19H21NO4/c1-12(14-6-10-17(24-3)11-7-14)18(21)20-16-8-4-15(5-9-16)13(2)19(22)23/h4-13H,1-3H3,(H,20,21)(H,22,23). The zero-order chi connectivity index (χ0) is 17.7. The van der Waals surface area contributed by atoms with Gasteiger partial charge in [-0.3, -0.25) is 9.59 Å². The minimum absolute atomic E-state index is 0.126. The van der Waals surface area contributed by atoms with E-state index in [1.807, 2.05) is 31.2 Å². The molecule has 0 aliphatic heterocycles. The van der Waals surface area contributed by atoms with Crippen LogP contribution in [0.5, 0.6) is 5.75 Å². The van der Waals surface area contributed by atoms with Crippen molar-refractivity contribution < 1.29 is 19.4 Å². The van der Waals surface area contributed by atoms with Crippen LogP contribution in [0.1, 0.15) is 36.8 Å². The number of rotatable bonds is 6. The van der Waals surface area contributed by atoms with Crippen molar-refractivity contribution in [2.75, 3.05) is 12.4 Å². The molecule has 0 radical (unpaired) electrons. The molecule has 2 unspecified atom stereocenters. The molecule has 2 aromatic rings. The zero-order valence-corrected chi connectivity index (χ0v) is 13.9. The lowest BCUT2D eigenvalue weighted by Crippen LogP contribution is -2.18. The Hall–Kier alpha value is -2.82. The normalized spacial score (nSPS) is 13.0. The number of hydrogen-bond acceptors (Lipinski definition) is 3. The quantitative estimate of drug-likeness (QED) is 0.849. The minimum atomic E-state index is -0.875. The van der Waals surface area contributed by atoms with Crippen LogP contribution in [-0.2, 0) is 9.59 Å². The van der Waals surface area contributed by atoms with Gasteiger partial charge in [-0.15, -0.1) is 0 Å². The topological polar surface area (TPSA) is 75.6 Å². The summed E-state index contributed by atoms with van der Waals surface area (Å²) in [6, 6.07) is 14.2. The van der Waals surface area contributed by atoms with Crippen LogP contribution in [0.4, 0.5) is 5.69 Å². The summed E-state index contributed by atoms with van der Waals surface area (Å²) in [5, 5.41) is 11.9. The first-order valence-electron chi connectivity index (χ1n) is 7.70. The number of hydrogen-bond donors (Lipinski definition) is 2. The average molecular weight is 327 g/mol. The fourth-order valence-electron chi connectivity index (χ4n) is 2.29. The summed E-state index contributed by atoms with van der Waals surface area (Å²) < 4.78 is 5.11. The SMILES string of the molecule is COc1ccc(C(C)C(=O)Nc2ccc(C(C)C(=O)O)cc2)cc1. The third-order valence-corrected chi connectivity index (χ3v) is 4.06. The fraction of sp³-hybridized carbons (Fsp3) is 0.263. The van der Waals surface area contributed by atoms with Crippen molar-refractivity contribution in [1.82, 2.24) is 0 Å². The number of amides is 1. The molecular formula is C19H21NO4. The van der Waals surface area contributed by atoms with Gasteiger partial charge in [0.1, 0.15) is 5.75 Å². The molecule has 2 N–H and O–H groups in total. The van der Waals surface area contributed by atoms with Crippen LogP contribution in [0.25, 0.3) is 0 Å². The molecule has 24 heavy (non-hydrogen) atoms.